The summed E-state index contributed by atoms with van der Waals surface area (Å²) in [6.07, 6.45) is 0.554. The summed E-state index contributed by atoms with van der Waals surface area (Å²) in [5.74, 6) is 0.429. The Morgan fingerprint density at radius 1 is 1.14 bits per heavy atom. The van der Waals surface area contributed by atoms with Crippen LogP contribution in [0.5, 0.6) is 11.5 Å². The van der Waals surface area contributed by atoms with E-state index < -0.39 is 10.0 Å². The Balaban J connectivity index is 2.87. The Morgan fingerprint density at radius 3 is 2.32 bits per heavy atom. The Kier molecular flexibility index (Phi) is 6.63. The molecule has 0 amide bonds. The van der Waals surface area contributed by atoms with Gasteiger partial charge in [0.15, 0.2) is 11.5 Å². The minimum atomic E-state index is -3.66. The standard InChI is InChI=1S/C14H21NO6S/c1-15(9-5-6-14(16)21-4)22(17,18)11-7-8-12(19-2)13(10-11)20-3/h7-8,10H,5-6,9H2,1-4H3. The highest BCUT2D eigenvalue weighted by molar-refractivity contribution is 7.89. The third-order valence-corrected chi connectivity index (χ3v) is 5.00. The van der Waals surface area contributed by atoms with Gasteiger partial charge in [-0.05, 0) is 18.6 Å². The van der Waals surface area contributed by atoms with Gasteiger partial charge in [0, 0.05) is 26.1 Å². The predicted molar refractivity (Wildman–Crippen MR) is 80.6 cm³/mol. The number of carbonyl (C=O) groups excluding carboxylic acids is 1. The molecule has 1 aromatic carbocycles. The van der Waals surface area contributed by atoms with Crippen molar-refractivity contribution in [1.29, 1.82) is 0 Å². The zero-order valence-electron chi connectivity index (χ0n) is 13.2. The van der Waals surface area contributed by atoms with Crippen LogP contribution in [-0.2, 0) is 19.6 Å². The molecule has 1 rings (SSSR count). The number of benzene rings is 1. The highest BCUT2D eigenvalue weighted by Gasteiger charge is 2.22. The summed E-state index contributed by atoms with van der Waals surface area (Å²) in [6, 6.07) is 4.40. The van der Waals surface area contributed by atoms with E-state index in [4.69, 9.17) is 9.47 Å². The summed E-state index contributed by atoms with van der Waals surface area (Å²) < 4.78 is 40.8. The van der Waals surface area contributed by atoms with E-state index in [1.165, 1.54) is 50.9 Å². The van der Waals surface area contributed by atoms with E-state index in [0.717, 1.165) is 0 Å². The normalized spacial score (nSPS) is 11.3. The highest BCUT2D eigenvalue weighted by Crippen LogP contribution is 2.30. The molecule has 0 atom stereocenters. The lowest BCUT2D eigenvalue weighted by atomic mass is 10.3. The van der Waals surface area contributed by atoms with Crippen molar-refractivity contribution in [2.75, 3.05) is 34.9 Å². The van der Waals surface area contributed by atoms with Crippen LogP contribution in [0.2, 0.25) is 0 Å². The highest BCUT2D eigenvalue weighted by atomic mass is 32.2. The Labute approximate surface area is 130 Å². The number of carbonyl (C=O) groups is 1. The molecule has 0 aliphatic heterocycles. The molecule has 0 aromatic heterocycles. The van der Waals surface area contributed by atoms with Crippen LogP contribution in [-0.4, -0.2) is 53.6 Å². The number of esters is 1. The van der Waals surface area contributed by atoms with Crippen molar-refractivity contribution in [3.63, 3.8) is 0 Å². The van der Waals surface area contributed by atoms with Crippen molar-refractivity contribution in [1.82, 2.24) is 4.31 Å². The van der Waals surface area contributed by atoms with E-state index in [0.29, 0.717) is 17.9 Å². The molecule has 124 valence electrons. The molecule has 22 heavy (non-hydrogen) atoms. The number of hydrogen-bond acceptors (Lipinski definition) is 6. The van der Waals surface area contributed by atoms with E-state index in [2.05, 4.69) is 4.74 Å². The third kappa shape index (κ3) is 4.35. The van der Waals surface area contributed by atoms with Gasteiger partial charge in [0.25, 0.3) is 0 Å². The average molecular weight is 331 g/mol. The van der Waals surface area contributed by atoms with Gasteiger partial charge in [-0.25, -0.2) is 12.7 Å². The van der Waals surface area contributed by atoms with Gasteiger partial charge in [-0.3, -0.25) is 4.79 Å². The quantitative estimate of drug-likeness (QED) is 0.667. The van der Waals surface area contributed by atoms with Crippen LogP contribution in [0.15, 0.2) is 23.1 Å². The first kappa shape index (κ1) is 18.2. The Bertz CT molecular complexity index is 614. The molecular formula is C14H21NO6S. The van der Waals surface area contributed by atoms with E-state index in [9.17, 15) is 13.2 Å². The second-order valence-corrected chi connectivity index (χ2v) is 6.57. The lowest BCUT2D eigenvalue weighted by Crippen LogP contribution is -2.28. The first-order chi connectivity index (χ1) is 10.4. The summed E-state index contributed by atoms with van der Waals surface area (Å²) in [6.45, 7) is 0.214. The first-order valence-electron chi connectivity index (χ1n) is 6.62. The zero-order valence-corrected chi connectivity index (χ0v) is 14.0. The van der Waals surface area contributed by atoms with Crippen LogP contribution in [0.25, 0.3) is 0 Å². The number of hydrogen-bond donors (Lipinski definition) is 0. The molecule has 0 aliphatic rings. The predicted octanol–water partition coefficient (Wildman–Crippen LogP) is 1.28. The molecule has 7 nitrogen and oxygen atoms in total. The summed E-state index contributed by atoms with van der Waals surface area (Å²) in [5.41, 5.74) is 0. The minimum absolute atomic E-state index is 0.103. The summed E-state index contributed by atoms with van der Waals surface area (Å²) in [4.78, 5) is 11.1. The van der Waals surface area contributed by atoms with Crippen molar-refractivity contribution in [2.24, 2.45) is 0 Å². The van der Waals surface area contributed by atoms with E-state index in [1.807, 2.05) is 0 Å². The molecule has 0 saturated carbocycles. The minimum Gasteiger partial charge on any atom is -0.493 e. The number of ether oxygens (including phenoxy) is 3. The van der Waals surface area contributed by atoms with Crippen LogP contribution in [0.3, 0.4) is 0 Å². The van der Waals surface area contributed by atoms with Crippen LogP contribution in [0.4, 0.5) is 0 Å². The fraction of sp³-hybridized carbons (Fsp3) is 0.500. The van der Waals surface area contributed by atoms with Gasteiger partial charge < -0.3 is 14.2 Å². The molecule has 0 bridgehead atoms. The lowest BCUT2D eigenvalue weighted by molar-refractivity contribution is -0.140. The van der Waals surface area contributed by atoms with Gasteiger partial charge >= 0.3 is 5.97 Å². The largest absolute Gasteiger partial charge is 0.493 e. The average Bonchev–Trinajstić information content (AvgIpc) is 2.53. The molecule has 0 saturated heterocycles. The molecule has 0 spiro atoms. The van der Waals surface area contributed by atoms with Crippen molar-refractivity contribution < 1.29 is 27.4 Å². The number of nitrogens with zero attached hydrogens (tertiary/aromatic N) is 1. The summed E-state index contributed by atoms with van der Waals surface area (Å²) >= 11 is 0. The maximum absolute atomic E-state index is 12.5. The van der Waals surface area contributed by atoms with Gasteiger partial charge in [-0.2, -0.15) is 0 Å². The van der Waals surface area contributed by atoms with Crippen LogP contribution >= 0.6 is 0 Å². The van der Waals surface area contributed by atoms with Crippen molar-refractivity contribution in [2.45, 2.75) is 17.7 Å². The Morgan fingerprint density at radius 2 is 1.77 bits per heavy atom. The summed E-state index contributed by atoms with van der Waals surface area (Å²) in [7, 11) is 2.02. The lowest BCUT2D eigenvalue weighted by Gasteiger charge is -2.18. The molecule has 1 aromatic rings. The maximum atomic E-state index is 12.5. The number of methoxy groups -OCH3 is 3. The van der Waals surface area contributed by atoms with Gasteiger partial charge in [0.1, 0.15) is 0 Å². The molecule has 8 heteroatoms. The van der Waals surface area contributed by atoms with E-state index >= 15 is 0 Å². The maximum Gasteiger partial charge on any atom is 0.305 e. The smallest absolute Gasteiger partial charge is 0.305 e. The topological polar surface area (TPSA) is 82.1 Å². The van der Waals surface area contributed by atoms with Crippen molar-refractivity contribution >= 4 is 16.0 Å². The number of rotatable bonds is 8. The monoisotopic (exact) mass is 331 g/mol. The first-order valence-corrected chi connectivity index (χ1v) is 8.06. The van der Waals surface area contributed by atoms with Crippen LogP contribution in [0.1, 0.15) is 12.8 Å². The molecule has 0 radical (unpaired) electrons. The second-order valence-electron chi connectivity index (χ2n) is 4.52. The molecule has 0 aliphatic carbocycles. The van der Waals surface area contributed by atoms with Crippen LogP contribution in [0, 0.1) is 0 Å². The Hall–Kier alpha value is -1.80. The number of sulfonamides is 1. The van der Waals surface area contributed by atoms with Crippen molar-refractivity contribution in [3.8, 4) is 11.5 Å². The van der Waals surface area contributed by atoms with Gasteiger partial charge in [-0.15, -0.1) is 0 Å². The van der Waals surface area contributed by atoms with Crippen molar-refractivity contribution in [3.05, 3.63) is 18.2 Å². The fourth-order valence-corrected chi connectivity index (χ4v) is 3.05. The van der Waals surface area contributed by atoms with Gasteiger partial charge in [0.2, 0.25) is 10.0 Å². The molecule has 0 heterocycles. The van der Waals surface area contributed by atoms with E-state index in [1.54, 1.807) is 0 Å². The molecule has 0 unspecified atom stereocenters. The second kappa shape index (κ2) is 8.00. The van der Waals surface area contributed by atoms with Crippen LogP contribution < -0.4 is 9.47 Å². The third-order valence-electron chi connectivity index (χ3n) is 3.14. The van der Waals surface area contributed by atoms with E-state index in [-0.39, 0.29) is 23.8 Å². The molecular weight excluding hydrogens is 310 g/mol. The summed E-state index contributed by atoms with van der Waals surface area (Å²) in [5, 5.41) is 0. The van der Waals surface area contributed by atoms with Gasteiger partial charge in [-0.1, -0.05) is 0 Å². The molecule has 0 fully saturated rings. The van der Waals surface area contributed by atoms with Gasteiger partial charge in [0.05, 0.1) is 26.2 Å². The zero-order chi connectivity index (χ0) is 16.8. The SMILES string of the molecule is COC(=O)CCCN(C)S(=O)(=O)c1ccc(OC)c(OC)c1. The molecule has 0 N–H and O–H groups in total. The fourth-order valence-electron chi connectivity index (χ4n) is 1.83.